The van der Waals surface area contributed by atoms with Crippen molar-refractivity contribution in [3.63, 3.8) is 0 Å². The number of fused-ring (bicyclic) bond motifs is 4. The number of amides is 1. The fourth-order valence-corrected chi connectivity index (χ4v) is 7.24. The maximum Gasteiger partial charge on any atom is 0.280 e. The van der Waals surface area contributed by atoms with Crippen molar-refractivity contribution in [2.24, 2.45) is 5.92 Å². The Hall–Kier alpha value is -2.46. The van der Waals surface area contributed by atoms with Crippen molar-refractivity contribution in [1.29, 1.82) is 5.26 Å². The Labute approximate surface area is 235 Å². The van der Waals surface area contributed by atoms with E-state index < -0.39 is 43.7 Å². The molecule has 3 fully saturated rings. The zero-order chi connectivity index (χ0) is 29.7. The van der Waals surface area contributed by atoms with Gasteiger partial charge in [0, 0.05) is 19.4 Å². The van der Waals surface area contributed by atoms with Crippen LogP contribution in [0.25, 0.3) is 11.2 Å². The molecule has 3 aliphatic rings. The fourth-order valence-electron chi connectivity index (χ4n) is 5.45. The number of aromatic nitrogens is 4. The van der Waals surface area contributed by atoms with Crippen LogP contribution < -0.4 is 10.9 Å². The van der Waals surface area contributed by atoms with E-state index in [2.05, 4.69) is 58.7 Å². The SMILES string of the molecule is [2H]C[C@]12O[C@@H](n3cnc4c(=O)[nH]c(NC(=O)C(C)C)nc43)[C@H](OC13CC3)[C@@H]2OP(OCCC#N)N(C(C)C)C(C)C. The third-order valence-corrected chi connectivity index (χ3v) is 9.66. The number of ether oxygens (including phenoxy) is 2. The van der Waals surface area contributed by atoms with Crippen molar-refractivity contribution >= 4 is 31.5 Å². The molecule has 218 valence electrons. The van der Waals surface area contributed by atoms with Crippen molar-refractivity contribution in [3.05, 3.63) is 16.7 Å². The van der Waals surface area contributed by atoms with Gasteiger partial charge in [0.2, 0.25) is 11.9 Å². The van der Waals surface area contributed by atoms with Gasteiger partial charge in [-0.25, -0.2) is 9.65 Å². The highest BCUT2D eigenvalue weighted by Gasteiger charge is 2.77. The highest BCUT2D eigenvalue weighted by atomic mass is 31.2. The summed E-state index contributed by atoms with van der Waals surface area (Å²) in [6.45, 7) is 11.8. The minimum Gasteiger partial charge on any atom is -0.361 e. The van der Waals surface area contributed by atoms with Crippen molar-refractivity contribution in [1.82, 2.24) is 24.2 Å². The van der Waals surface area contributed by atoms with Gasteiger partial charge in [0.15, 0.2) is 17.4 Å². The van der Waals surface area contributed by atoms with Gasteiger partial charge in [0.25, 0.3) is 14.1 Å². The van der Waals surface area contributed by atoms with Gasteiger partial charge in [-0.3, -0.25) is 24.5 Å². The number of imidazole rings is 1. The zero-order valence-corrected chi connectivity index (χ0v) is 24.6. The van der Waals surface area contributed by atoms with E-state index in [1.54, 1.807) is 18.4 Å². The van der Waals surface area contributed by atoms with Gasteiger partial charge in [-0.15, -0.1) is 0 Å². The highest BCUT2D eigenvalue weighted by molar-refractivity contribution is 7.44. The molecule has 2 aliphatic heterocycles. The number of H-pyrrole nitrogens is 1. The zero-order valence-electron chi connectivity index (χ0n) is 24.7. The molecule has 5 rings (SSSR count). The average molecular weight is 577 g/mol. The summed E-state index contributed by atoms with van der Waals surface area (Å²) in [7, 11) is -1.63. The van der Waals surface area contributed by atoms with Crippen molar-refractivity contribution in [2.75, 3.05) is 11.9 Å². The van der Waals surface area contributed by atoms with Crippen LogP contribution in [0.3, 0.4) is 0 Å². The molecule has 5 atom stereocenters. The third-order valence-electron chi connectivity index (χ3n) is 7.55. The van der Waals surface area contributed by atoms with E-state index in [0.29, 0.717) is 0 Å². The van der Waals surface area contributed by atoms with Crippen molar-refractivity contribution in [2.45, 2.75) is 109 Å². The Balaban J connectivity index is 1.51. The van der Waals surface area contributed by atoms with Crippen molar-refractivity contribution in [3.8, 4) is 6.07 Å². The predicted molar refractivity (Wildman–Crippen MR) is 147 cm³/mol. The topological polar surface area (TPSA) is 157 Å². The molecule has 40 heavy (non-hydrogen) atoms. The number of hydrogen-bond donors (Lipinski definition) is 2. The Morgan fingerprint density at radius 1 is 1.35 bits per heavy atom. The van der Waals surface area contributed by atoms with Crippen LogP contribution in [0.5, 0.6) is 0 Å². The molecule has 1 saturated carbocycles. The van der Waals surface area contributed by atoms with E-state index in [1.807, 2.05) is 0 Å². The average Bonchev–Trinajstić information content (AvgIpc) is 3.34. The molecule has 4 heterocycles. The minimum atomic E-state index is -1.63. The number of rotatable bonds is 11. The van der Waals surface area contributed by atoms with Gasteiger partial charge in [0.05, 0.1) is 25.4 Å². The molecule has 1 aliphatic carbocycles. The number of nitrogens with zero attached hydrogens (tertiary/aromatic N) is 5. The summed E-state index contributed by atoms with van der Waals surface area (Å²) in [6.07, 6.45) is 1.10. The molecule has 14 heteroatoms. The number of anilines is 1. The monoisotopic (exact) mass is 576 g/mol. The molecule has 1 unspecified atom stereocenters. The molecule has 2 N–H and O–H groups in total. The largest absolute Gasteiger partial charge is 0.361 e. The van der Waals surface area contributed by atoms with Gasteiger partial charge in [0.1, 0.15) is 23.4 Å². The lowest BCUT2D eigenvalue weighted by atomic mass is 9.93. The van der Waals surface area contributed by atoms with Crippen LogP contribution in [0.2, 0.25) is 0 Å². The van der Waals surface area contributed by atoms with Crippen LogP contribution in [0.15, 0.2) is 11.1 Å². The summed E-state index contributed by atoms with van der Waals surface area (Å²) in [4.78, 5) is 36.4. The first-order valence-corrected chi connectivity index (χ1v) is 14.8. The molecule has 0 radical (unpaired) electrons. The Kier molecular flexibility index (Phi) is 7.44. The Morgan fingerprint density at radius 3 is 2.67 bits per heavy atom. The first kappa shape index (κ1) is 27.7. The number of hydrogen-bond acceptors (Lipinski definition) is 10. The normalized spacial score (nSPS) is 27.7. The van der Waals surface area contributed by atoms with Crippen LogP contribution in [0.4, 0.5) is 5.95 Å². The second-order valence-electron chi connectivity index (χ2n) is 11.4. The molecule has 13 nitrogen and oxygen atoms in total. The fraction of sp³-hybridized carbons (Fsp3) is 0.731. The molecule has 2 aromatic heterocycles. The smallest absolute Gasteiger partial charge is 0.280 e. The maximum atomic E-state index is 12.8. The van der Waals surface area contributed by atoms with Gasteiger partial charge in [-0.2, -0.15) is 10.2 Å². The lowest BCUT2D eigenvalue weighted by Crippen LogP contribution is -2.47. The van der Waals surface area contributed by atoms with E-state index in [0.717, 1.165) is 12.8 Å². The van der Waals surface area contributed by atoms with Gasteiger partial charge in [-0.1, -0.05) is 13.8 Å². The van der Waals surface area contributed by atoms with Gasteiger partial charge >= 0.3 is 0 Å². The standard InChI is InChI=1S/C26H38N7O6P/c1-14(2)21(34)30-24-29-20-17(22(35)31-24)28-13-32(20)23-18-19(25(7,38-23)26(37-18)9-10-26)39-40(36-12-8-11-27)33(15(3)4)16(5)6/h13-16,18-19,23H,8-10,12H2,1-7H3,(H2,29,30,31,34,35)/t18-,19+,23-,25-,40?/m1/s1/i7D. The summed E-state index contributed by atoms with van der Waals surface area (Å²) in [5, 5.41) is 11.7. The minimum absolute atomic E-state index is 0.00705. The molecule has 1 amide bonds. The number of nitrogens with one attached hydrogen (secondary N) is 2. The molecule has 0 aromatic carbocycles. The first-order valence-electron chi connectivity index (χ1n) is 14.4. The quantitative estimate of drug-likeness (QED) is 0.299. The molecule has 2 bridgehead atoms. The maximum absolute atomic E-state index is 12.8. The summed E-state index contributed by atoms with van der Waals surface area (Å²) < 4.78 is 38.6. The van der Waals surface area contributed by atoms with Crippen LogP contribution in [0.1, 0.15) is 75.3 Å². The summed E-state index contributed by atoms with van der Waals surface area (Å²) in [6, 6.07) is 2.30. The highest BCUT2D eigenvalue weighted by Crippen LogP contribution is 2.67. The number of aromatic amines is 1. The van der Waals surface area contributed by atoms with Crippen LogP contribution in [-0.4, -0.2) is 72.2 Å². The first-order chi connectivity index (χ1) is 19.5. The molecular formula is C26H38N7O6P. The lowest BCUT2D eigenvalue weighted by molar-refractivity contribution is -0.216. The molecule has 1 spiro atoms. The van der Waals surface area contributed by atoms with E-state index in [4.69, 9.17) is 25.2 Å². The van der Waals surface area contributed by atoms with Gasteiger partial charge < -0.3 is 18.5 Å². The van der Waals surface area contributed by atoms with E-state index >= 15 is 0 Å². The molecular weight excluding hydrogens is 537 g/mol. The van der Waals surface area contributed by atoms with Crippen LogP contribution >= 0.6 is 8.53 Å². The molecule has 2 aromatic rings. The van der Waals surface area contributed by atoms with Gasteiger partial charge in [-0.05, 0) is 47.4 Å². The molecule has 2 saturated heterocycles. The number of nitriles is 1. The summed E-state index contributed by atoms with van der Waals surface area (Å²) in [5.74, 6) is -0.595. The van der Waals surface area contributed by atoms with Crippen LogP contribution in [0, 0.1) is 17.2 Å². The number of carbonyl (C=O) groups is 1. The Bertz CT molecular complexity index is 1380. The van der Waals surface area contributed by atoms with E-state index in [1.165, 1.54) is 6.33 Å². The van der Waals surface area contributed by atoms with Crippen molar-refractivity contribution < 1.29 is 24.7 Å². The van der Waals surface area contributed by atoms with E-state index in [-0.39, 0.29) is 60.9 Å². The van der Waals surface area contributed by atoms with Crippen LogP contribution in [-0.2, 0) is 23.3 Å². The third kappa shape index (κ3) is 4.85. The Morgan fingerprint density at radius 2 is 2.08 bits per heavy atom. The second kappa shape index (κ2) is 10.7. The second-order valence-corrected chi connectivity index (χ2v) is 12.8. The number of carbonyl (C=O) groups excluding carboxylic acids is 1. The summed E-state index contributed by atoms with van der Waals surface area (Å²) in [5.41, 5.74) is -1.90. The lowest BCUT2D eigenvalue weighted by Gasteiger charge is -2.39. The van der Waals surface area contributed by atoms with E-state index in [9.17, 15) is 9.59 Å². The predicted octanol–water partition coefficient (Wildman–Crippen LogP) is 3.59. The summed E-state index contributed by atoms with van der Waals surface area (Å²) >= 11 is 0.